The highest BCUT2D eigenvalue weighted by Gasteiger charge is 2.08. The number of hydrogen-bond donors (Lipinski definition) is 2. The second-order valence-corrected chi connectivity index (χ2v) is 5.46. The van der Waals surface area contributed by atoms with Crippen LogP contribution in [0.3, 0.4) is 0 Å². The molecule has 2 nitrogen and oxygen atoms in total. The lowest BCUT2D eigenvalue weighted by Gasteiger charge is -2.07. The largest absolute Gasteiger partial charge is 0.321 e. The van der Waals surface area contributed by atoms with E-state index in [1.165, 1.54) is 0 Å². The van der Waals surface area contributed by atoms with Crippen LogP contribution in [0.15, 0.2) is 51.8 Å². The van der Waals surface area contributed by atoms with Gasteiger partial charge in [0.2, 0.25) is 0 Å². The fourth-order valence-corrected chi connectivity index (χ4v) is 2.08. The summed E-state index contributed by atoms with van der Waals surface area (Å²) in [6, 6.07) is 12.2. The van der Waals surface area contributed by atoms with Crippen molar-refractivity contribution in [1.29, 1.82) is 0 Å². The minimum Gasteiger partial charge on any atom is -0.321 e. The van der Waals surface area contributed by atoms with Gasteiger partial charge in [0, 0.05) is 14.9 Å². The number of hydrogen-bond acceptors (Lipinski definition) is 2. The predicted molar refractivity (Wildman–Crippen MR) is 80.8 cm³/mol. The molecule has 0 spiro atoms. The Morgan fingerprint density at radius 2 is 1.83 bits per heavy atom. The lowest BCUT2D eigenvalue weighted by Crippen LogP contribution is -2.12. The molecule has 0 atom stereocenters. The van der Waals surface area contributed by atoms with Crippen LogP contribution in [0.1, 0.15) is 10.4 Å². The molecule has 0 fully saturated rings. The molecule has 0 heterocycles. The highest BCUT2D eigenvalue weighted by molar-refractivity contribution is 9.10. The first kappa shape index (κ1) is 13.5. The van der Waals surface area contributed by atoms with Crippen LogP contribution < -0.4 is 5.32 Å². The van der Waals surface area contributed by atoms with Crippen LogP contribution in [0.25, 0.3) is 0 Å². The zero-order chi connectivity index (χ0) is 13.1. The summed E-state index contributed by atoms with van der Waals surface area (Å²) in [5, 5.41) is 3.26. The third-order valence-corrected chi connectivity index (χ3v) is 3.43. The van der Waals surface area contributed by atoms with E-state index in [-0.39, 0.29) is 5.91 Å². The van der Waals surface area contributed by atoms with Gasteiger partial charge in [-0.25, -0.2) is 0 Å². The molecule has 1 N–H and O–H groups in total. The summed E-state index contributed by atoms with van der Waals surface area (Å²) in [5.41, 5.74) is 1.13. The number of amides is 1. The van der Waals surface area contributed by atoms with Gasteiger partial charge in [-0.2, -0.15) is 0 Å². The molecule has 0 aromatic heterocycles. The number of nitrogens with one attached hydrogen (secondary N) is 1. The summed E-state index contributed by atoms with van der Waals surface area (Å²) in [5.74, 6) is -0.205. The van der Waals surface area contributed by atoms with Crippen molar-refractivity contribution in [2.45, 2.75) is 4.90 Å². The normalized spacial score (nSPS) is 10.2. The van der Waals surface area contributed by atoms with Crippen LogP contribution in [-0.4, -0.2) is 5.91 Å². The van der Waals surface area contributed by atoms with Gasteiger partial charge in [0.25, 0.3) is 5.91 Å². The molecule has 0 aliphatic heterocycles. The molecular formula is C13H9BrClNOS. The Bertz CT molecular complexity index is 586. The first-order valence-electron chi connectivity index (χ1n) is 5.12. The Kier molecular flexibility index (Phi) is 4.32. The Balaban J connectivity index is 2.21. The van der Waals surface area contributed by atoms with E-state index in [1.807, 2.05) is 6.07 Å². The fourth-order valence-electron chi connectivity index (χ4n) is 1.40. The van der Waals surface area contributed by atoms with Gasteiger partial charge in [-0.05, 0) is 42.5 Å². The second-order valence-electron chi connectivity index (χ2n) is 3.63. The molecule has 0 unspecified atom stereocenters. The SMILES string of the molecule is O=C(Nc1cc(Br)ccc1Cl)c1ccc(S)cc1. The third-order valence-electron chi connectivity index (χ3n) is 2.31. The van der Waals surface area contributed by atoms with E-state index in [1.54, 1.807) is 36.4 Å². The molecule has 0 saturated carbocycles. The maximum atomic E-state index is 12.0. The van der Waals surface area contributed by atoms with Gasteiger partial charge in [0.1, 0.15) is 0 Å². The van der Waals surface area contributed by atoms with Crippen molar-refractivity contribution in [3.63, 3.8) is 0 Å². The molecule has 2 aromatic carbocycles. The summed E-state index contributed by atoms with van der Waals surface area (Å²) in [6.07, 6.45) is 0. The molecule has 18 heavy (non-hydrogen) atoms. The number of anilines is 1. The summed E-state index contributed by atoms with van der Waals surface area (Å²) in [6.45, 7) is 0. The number of benzene rings is 2. The monoisotopic (exact) mass is 341 g/mol. The third kappa shape index (κ3) is 3.28. The minimum absolute atomic E-state index is 0.205. The van der Waals surface area contributed by atoms with E-state index >= 15 is 0 Å². The molecule has 92 valence electrons. The summed E-state index contributed by atoms with van der Waals surface area (Å²) in [4.78, 5) is 12.8. The number of rotatable bonds is 2. The number of carbonyl (C=O) groups excluding carboxylic acids is 1. The van der Waals surface area contributed by atoms with Crippen LogP contribution in [0.2, 0.25) is 5.02 Å². The molecule has 2 rings (SSSR count). The average molecular weight is 343 g/mol. The van der Waals surface area contributed by atoms with Crippen molar-refractivity contribution < 1.29 is 4.79 Å². The molecule has 0 radical (unpaired) electrons. The van der Waals surface area contributed by atoms with Crippen molar-refractivity contribution in [3.8, 4) is 0 Å². The van der Waals surface area contributed by atoms with Gasteiger partial charge in [0.05, 0.1) is 10.7 Å². The smallest absolute Gasteiger partial charge is 0.255 e. The highest BCUT2D eigenvalue weighted by Crippen LogP contribution is 2.26. The van der Waals surface area contributed by atoms with Crippen molar-refractivity contribution >= 4 is 51.8 Å². The maximum Gasteiger partial charge on any atom is 0.255 e. The van der Waals surface area contributed by atoms with Gasteiger partial charge in [-0.15, -0.1) is 12.6 Å². The van der Waals surface area contributed by atoms with E-state index in [2.05, 4.69) is 33.9 Å². The highest BCUT2D eigenvalue weighted by atomic mass is 79.9. The predicted octanol–water partition coefficient (Wildman–Crippen LogP) is 4.64. The molecule has 0 saturated heterocycles. The van der Waals surface area contributed by atoms with Gasteiger partial charge in [0.15, 0.2) is 0 Å². The topological polar surface area (TPSA) is 29.1 Å². The zero-order valence-electron chi connectivity index (χ0n) is 9.15. The average Bonchev–Trinajstić information content (AvgIpc) is 2.34. The van der Waals surface area contributed by atoms with E-state index in [0.717, 1.165) is 9.37 Å². The fraction of sp³-hybridized carbons (Fsp3) is 0. The van der Waals surface area contributed by atoms with Crippen molar-refractivity contribution in [1.82, 2.24) is 0 Å². The van der Waals surface area contributed by atoms with Gasteiger partial charge in [-0.3, -0.25) is 4.79 Å². The Morgan fingerprint density at radius 1 is 1.17 bits per heavy atom. The molecule has 1 amide bonds. The number of thiol groups is 1. The van der Waals surface area contributed by atoms with Crippen LogP contribution in [0.4, 0.5) is 5.69 Å². The van der Waals surface area contributed by atoms with Gasteiger partial charge >= 0.3 is 0 Å². The first-order valence-corrected chi connectivity index (χ1v) is 6.73. The molecule has 2 aromatic rings. The van der Waals surface area contributed by atoms with Crippen molar-refractivity contribution in [2.24, 2.45) is 0 Å². The number of halogens is 2. The van der Waals surface area contributed by atoms with Gasteiger partial charge < -0.3 is 5.32 Å². The van der Waals surface area contributed by atoms with E-state index in [0.29, 0.717) is 16.3 Å². The summed E-state index contributed by atoms with van der Waals surface area (Å²) in [7, 11) is 0. The van der Waals surface area contributed by atoms with E-state index in [4.69, 9.17) is 11.6 Å². The second kappa shape index (κ2) is 5.78. The quantitative estimate of drug-likeness (QED) is 0.765. The molecule has 0 aliphatic carbocycles. The summed E-state index contributed by atoms with van der Waals surface area (Å²) >= 11 is 13.5. The molecule has 5 heteroatoms. The molecule has 0 aliphatic rings. The van der Waals surface area contributed by atoms with Crippen LogP contribution in [0, 0.1) is 0 Å². The standard InChI is InChI=1S/C13H9BrClNOS/c14-9-3-6-11(15)12(7-9)16-13(17)8-1-4-10(18)5-2-8/h1-7,18H,(H,16,17). The molecule has 0 bridgehead atoms. The minimum atomic E-state index is -0.205. The Labute approximate surface area is 124 Å². The van der Waals surface area contributed by atoms with Crippen molar-refractivity contribution in [2.75, 3.05) is 5.32 Å². The molecular weight excluding hydrogens is 334 g/mol. The lowest BCUT2D eigenvalue weighted by molar-refractivity contribution is 0.102. The number of carbonyl (C=O) groups is 1. The van der Waals surface area contributed by atoms with Crippen LogP contribution in [-0.2, 0) is 0 Å². The maximum absolute atomic E-state index is 12.0. The Morgan fingerprint density at radius 3 is 2.50 bits per heavy atom. The lowest BCUT2D eigenvalue weighted by atomic mass is 10.2. The Hall–Kier alpha value is -0.970. The van der Waals surface area contributed by atoms with Crippen LogP contribution >= 0.6 is 40.2 Å². The van der Waals surface area contributed by atoms with Crippen LogP contribution in [0.5, 0.6) is 0 Å². The van der Waals surface area contributed by atoms with Crippen molar-refractivity contribution in [3.05, 3.63) is 57.5 Å². The van der Waals surface area contributed by atoms with E-state index in [9.17, 15) is 4.79 Å². The zero-order valence-corrected chi connectivity index (χ0v) is 12.4. The van der Waals surface area contributed by atoms with E-state index < -0.39 is 0 Å². The summed E-state index contributed by atoms with van der Waals surface area (Å²) < 4.78 is 0.855. The van der Waals surface area contributed by atoms with Gasteiger partial charge in [-0.1, -0.05) is 27.5 Å². The first-order chi connectivity index (χ1) is 8.56.